The quantitative estimate of drug-likeness (QED) is 0.830. The molecule has 2 heterocycles. The minimum atomic E-state index is -0.0248. The Morgan fingerprint density at radius 1 is 1.32 bits per heavy atom. The van der Waals surface area contributed by atoms with Gasteiger partial charge in [0.1, 0.15) is 11.4 Å². The molecule has 1 N–H and O–H groups in total. The number of hydrogen-bond donors (Lipinski definition) is 1. The van der Waals surface area contributed by atoms with Gasteiger partial charge in [0, 0.05) is 31.1 Å². The highest BCUT2D eigenvalue weighted by Gasteiger charge is 2.13. The van der Waals surface area contributed by atoms with Gasteiger partial charge in [-0.3, -0.25) is 9.63 Å². The topological polar surface area (TPSA) is 76.8 Å². The Kier molecular flexibility index (Phi) is 6.03. The normalized spacial score (nSPS) is 15.1. The standard InChI is InChI=1S/C18H23N3O4/c1-23-16-6-4-14(5-7-16)17-12-15(20-25-17)13-19-18(22)8-10-21-9-2-3-11-24-21/h4-7,12H,2-3,8-11,13H2,1H3,(H,19,22). The molecule has 0 bridgehead atoms. The third-order valence-corrected chi connectivity index (χ3v) is 4.06. The lowest BCUT2D eigenvalue weighted by Crippen LogP contribution is -2.34. The monoisotopic (exact) mass is 345 g/mol. The van der Waals surface area contributed by atoms with Gasteiger partial charge >= 0.3 is 0 Å². The average molecular weight is 345 g/mol. The molecule has 1 aromatic carbocycles. The van der Waals surface area contributed by atoms with E-state index < -0.39 is 0 Å². The molecule has 134 valence electrons. The molecule has 0 atom stereocenters. The highest BCUT2D eigenvalue weighted by molar-refractivity contribution is 5.76. The van der Waals surface area contributed by atoms with Gasteiger partial charge in [-0.1, -0.05) is 5.16 Å². The zero-order valence-corrected chi connectivity index (χ0v) is 14.4. The van der Waals surface area contributed by atoms with E-state index in [-0.39, 0.29) is 5.91 Å². The summed E-state index contributed by atoms with van der Waals surface area (Å²) >= 11 is 0. The van der Waals surface area contributed by atoms with Gasteiger partial charge in [0.05, 0.1) is 20.3 Å². The van der Waals surface area contributed by atoms with E-state index >= 15 is 0 Å². The predicted octanol–water partition coefficient (Wildman–Crippen LogP) is 2.38. The molecule has 1 fully saturated rings. The Morgan fingerprint density at radius 3 is 2.88 bits per heavy atom. The van der Waals surface area contributed by atoms with Crippen molar-refractivity contribution in [2.75, 3.05) is 26.8 Å². The molecular formula is C18H23N3O4. The summed E-state index contributed by atoms with van der Waals surface area (Å²) in [6, 6.07) is 9.36. The van der Waals surface area contributed by atoms with Gasteiger partial charge in [-0.25, -0.2) is 0 Å². The number of rotatable bonds is 7. The van der Waals surface area contributed by atoms with Gasteiger partial charge in [-0.2, -0.15) is 5.06 Å². The second-order valence-electron chi connectivity index (χ2n) is 5.91. The number of carbonyl (C=O) groups is 1. The van der Waals surface area contributed by atoms with Gasteiger partial charge in [-0.05, 0) is 37.1 Å². The van der Waals surface area contributed by atoms with Crippen LogP contribution in [-0.4, -0.2) is 42.9 Å². The summed E-state index contributed by atoms with van der Waals surface area (Å²) < 4.78 is 10.5. The molecule has 1 saturated heterocycles. The van der Waals surface area contributed by atoms with Crippen molar-refractivity contribution in [2.45, 2.75) is 25.8 Å². The zero-order valence-electron chi connectivity index (χ0n) is 14.4. The van der Waals surface area contributed by atoms with Crippen molar-refractivity contribution in [3.05, 3.63) is 36.0 Å². The maximum Gasteiger partial charge on any atom is 0.221 e. The Bertz CT molecular complexity index is 678. The van der Waals surface area contributed by atoms with Crippen LogP contribution in [0.2, 0.25) is 0 Å². The second kappa shape index (κ2) is 8.64. The van der Waals surface area contributed by atoms with E-state index in [1.165, 1.54) is 0 Å². The fraction of sp³-hybridized carbons (Fsp3) is 0.444. The molecule has 0 spiro atoms. The van der Waals surface area contributed by atoms with E-state index in [2.05, 4.69) is 10.5 Å². The summed E-state index contributed by atoms with van der Waals surface area (Å²) in [5.74, 6) is 1.42. The summed E-state index contributed by atoms with van der Waals surface area (Å²) in [4.78, 5) is 17.4. The number of methoxy groups -OCH3 is 1. The van der Waals surface area contributed by atoms with E-state index in [1.54, 1.807) is 7.11 Å². The Balaban J connectivity index is 1.45. The first-order valence-electron chi connectivity index (χ1n) is 8.49. The first kappa shape index (κ1) is 17.4. The van der Waals surface area contributed by atoms with Crippen LogP contribution in [0.1, 0.15) is 25.0 Å². The highest BCUT2D eigenvalue weighted by Crippen LogP contribution is 2.23. The lowest BCUT2D eigenvalue weighted by molar-refractivity contribution is -0.181. The first-order chi connectivity index (χ1) is 12.2. The molecule has 2 aromatic rings. The molecule has 1 aliphatic heterocycles. The Labute approximate surface area is 146 Å². The maximum atomic E-state index is 11.9. The molecule has 1 aromatic heterocycles. The summed E-state index contributed by atoms with van der Waals surface area (Å²) in [7, 11) is 1.63. The number of nitrogens with zero attached hydrogens (tertiary/aromatic N) is 2. The lowest BCUT2D eigenvalue weighted by Gasteiger charge is -2.25. The van der Waals surface area contributed by atoms with E-state index in [4.69, 9.17) is 14.1 Å². The van der Waals surface area contributed by atoms with Gasteiger partial charge in [0.25, 0.3) is 0 Å². The van der Waals surface area contributed by atoms with Crippen LogP contribution in [0.15, 0.2) is 34.9 Å². The summed E-state index contributed by atoms with van der Waals surface area (Å²) in [5.41, 5.74) is 1.60. The molecule has 25 heavy (non-hydrogen) atoms. The maximum absolute atomic E-state index is 11.9. The van der Waals surface area contributed by atoms with E-state index in [9.17, 15) is 4.79 Å². The molecule has 0 aliphatic carbocycles. The van der Waals surface area contributed by atoms with E-state index in [0.29, 0.717) is 31.0 Å². The molecule has 3 rings (SSSR count). The van der Waals surface area contributed by atoms with Crippen molar-refractivity contribution in [3.63, 3.8) is 0 Å². The third kappa shape index (κ3) is 5.04. The fourth-order valence-corrected chi connectivity index (χ4v) is 2.62. The van der Waals surface area contributed by atoms with Gasteiger partial charge in [0.15, 0.2) is 5.76 Å². The molecular weight excluding hydrogens is 322 g/mol. The predicted molar refractivity (Wildman–Crippen MR) is 91.7 cm³/mol. The van der Waals surface area contributed by atoms with Crippen molar-refractivity contribution in [1.29, 1.82) is 0 Å². The van der Waals surface area contributed by atoms with Crippen LogP contribution in [0.3, 0.4) is 0 Å². The van der Waals surface area contributed by atoms with Crippen molar-refractivity contribution in [3.8, 4) is 17.1 Å². The highest BCUT2D eigenvalue weighted by atomic mass is 16.7. The average Bonchev–Trinajstić information content (AvgIpc) is 3.14. The molecule has 0 radical (unpaired) electrons. The summed E-state index contributed by atoms with van der Waals surface area (Å²) in [5, 5.41) is 8.72. The molecule has 1 amide bonds. The fourth-order valence-electron chi connectivity index (χ4n) is 2.62. The minimum absolute atomic E-state index is 0.0248. The number of hydrogen-bond acceptors (Lipinski definition) is 6. The van der Waals surface area contributed by atoms with Crippen molar-refractivity contribution >= 4 is 5.91 Å². The number of benzene rings is 1. The van der Waals surface area contributed by atoms with Crippen LogP contribution < -0.4 is 10.1 Å². The SMILES string of the molecule is COc1ccc(-c2cc(CNC(=O)CCN3CCCCO3)no2)cc1. The first-order valence-corrected chi connectivity index (χ1v) is 8.49. The van der Waals surface area contributed by atoms with Crippen molar-refractivity contribution < 1.29 is 18.9 Å². The van der Waals surface area contributed by atoms with Crippen LogP contribution in [-0.2, 0) is 16.2 Å². The van der Waals surface area contributed by atoms with Gasteiger partial charge < -0.3 is 14.6 Å². The minimum Gasteiger partial charge on any atom is -0.497 e. The number of hydroxylamine groups is 2. The van der Waals surface area contributed by atoms with Crippen LogP contribution in [0.4, 0.5) is 0 Å². The van der Waals surface area contributed by atoms with Crippen LogP contribution in [0.25, 0.3) is 11.3 Å². The number of amides is 1. The van der Waals surface area contributed by atoms with E-state index in [0.717, 1.165) is 37.3 Å². The number of nitrogens with one attached hydrogen (secondary N) is 1. The lowest BCUT2D eigenvalue weighted by atomic mass is 10.1. The Morgan fingerprint density at radius 2 is 2.16 bits per heavy atom. The van der Waals surface area contributed by atoms with Gasteiger partial charge in [0.2, 0.25) is 5.91 Å². The van der Waals surface area contributed by atoms with Crippen molar-refractivity contribution in [2.24, 2.45) is 0 Å². The van der Waals surface area contributed by atoms with E-state index in [1.807, 2.05) is 35.4 Å². The van der Waals surface area contributed by atoms with Crippen molar-refractivity contribution in [1.82, 2.24) is 15.5 Å². The smallest absolute Gasteiger partial charge is 0.221 e. The molecule has 1 aliphatic rings. The summed E-state index contributed by atoms with van der Waals surface area (Å²) in [6.07, 6.45) is 2.61. The zero-order chi connectivity index (χ0) is 17.5. The Hall–Kier alpha value is -2.38. The third-order valence-electron chi connectivity index (χ3n) is 4.06. The number of ether oxygens (including phenoxy) is 1. The second-order valence-corrected chi connectivity index (χ2v) is 5.91. The van der Waals surface area contributed by atoms with Crippen LogP contribution in [0.5, 0.6) is 5.75 Å². The van der Waals surface area contributed by atoms with Crippen LogP contribution in [0, 0.1) is 0 Å². The molecule has 0 unspecified atom stereocenters. The molecule has 7 nitrogen and oxygen atoms in total. The number of aromatic nitrogens is 1. The number of carbonyl (C=O) groups excluding carboxylic acids is 1. The summed E-state index contributed by atoms with van der Waals surface area (Å²) in [6.45, 7) is 2.59. The molecule has 0 saturated carbocycles. The molecule has 7 heteroatoms. The largest absolute Gasteiger partial charge is 0.497 e. The van der Waals surface area contributed by atoms with Crippen LogP contribution >= 0.6 is 0 Å². The van der Waals surface area contributed by atoms with Gasteiger partial charge in [-0.15, -0.1) is 0 Å².